The predicted octanol–water partition coefficient (Wildman–Crippen LogP) is 5.05. The Kier molecular flexibility index (Phi) is 8.53. The minimum atomic E-state index is -0.309. The number of piperazine rings is 1. The molecule has 2 N–H and O–H groups in total. The van der Waals surface area contributed by atoms with Crippen LogP contribution in [0.3, 0.4) is 0 Å². The van der Waals surface area contributed by atoms with Gasteiger partial charge in [-0.1, -0.05) is 29.8 Å². The third-order valence-electron chi connectivity index (χ3n) is 8.02. The van der Waals surface area contributed by atoms with Crippen molar-refractivity contribution >= 4 is 23.3 Å². The topological polar surface area (TPSA) is 85.7 Å². The average molecular weight is 578 g/mol. The molecular weight excluding hydrogens is 541 g/mol. The molecule has 1 aromatic heterocycles. The van der Waals surface area contributed by atoms with Crippen molar-refractivity contribution in [2.75, 3.05) is 51.6 Å². The fourth-order valence-corrected chi connectivity index (χ4v) is 5.52. The highest BCUT2D eigenvalue weighted by molar-refractivity contribution is 6.17. The van der Waals surface area contributed by atoms with Crippen LogP contribution in [0.25, 0.3) is 11.3 Å². The monoisotopic (exact) mass is 577 g/mol. The van der Waals surface area contributed by atoms with Gasteiger partial charge in [-0.25, -0.2) is 14.4 Å². The molecule has 0 saturated carbocycles. The van der Waals surface area contributed by atoms with E-state index < -0.39 is 0 Å². The van der Waals surface area contributed by atoms with Gasteiger partial charge in [-0.05, 0) is 69.4 Å². The Labute approximate surface area is 251 Å². The number of amides is 1. The van der Waals surface area contributed by atoms with Crippen LogP contribution < -0.4 is 10.6 Å². The maximum atomic E-state index is 14.8. The van der Waals surface area contributed by atoms with Gasteiger partial charge in [0, 0.05) is 72.4 Å². The molecule has 2 aliphatic heterocycles. The summed E-state index contributed by atoms with van der Waals surface area (Å²) in [5.74, 6) is 0.0420. The zero-order valence-electron chi connectivity index (χ0n) is 24.6. The number of carbonyl (C=O) groups is 1. The fraction of sp³-hybridized carbons (Fsp3) is 0.294. The summed E-state index contributed by atoms with van der Waals surface area (Å²) in [5.41, 5.74) is 6.85. The number of carbonyl (C=O) groups excluding carboxylic acids is 1. The molecule has 8 nitrogen and oxygen atoms in total. The minimum absolute atomic E-state index is 0.0798. The molecule has 3 aromatic carbocycles. The van der Waals surface area contributed by atoms with Crippen LogP contribution in [0.1, 0.15) is 39.0 Å². The second kappa shape index (κ2) is 12.8. The number of nitrogens with one attached hydrogen (secondary N) is 2. The molecule has 3 heterocycles. The van der Waals surface area contributed by atoms with Gasteiger partial charge in [0.2, 0.25) is 5.95 Å². The Morgan fingerprint density at radius 1 is 0.953 bits per heavy atom. The molecule has 2 aliphatic rings. The number of anilines is 2. The van der Waals surface area contributed by atoms with E-state index in [4.69, 9.17) is 9.98 Å². The van der Waals surface area contributed by atoms with Crippen LogP contribution in [-0.2, 0) is 6.54 Å². The lowest BCUT2D eigenvalue weighted by Gasteiger charge is -2.32. The van der Waals surface area contributed by atoms with Gasteiger partial charge in [-0.15, -0.1) is 0 Å². The molecule has 220 valence electrons. The van der Waals surface area contributed by atoms with E-state index in [-0.39, 0.29) is 11.7 Å². The molecule has 0 bridgehead atoms. The van der Waals surface area contributed by atoms with Gasteiger partial charge in [-0.2, -0.15) is 0 Å². The smallest absolute Gasteiger partial charge is 0.251 e. The lowest BCUT2D eigenvalue weighted by Crippen LogP contribution is -2.45. The molecular formula is C34H36FN7O. The number of hydrogen-bond donors (Lipinski definition) is 2. The third-order valence-corrected chi connectivity index (χ3v) is 8.02. The fourth-order valence-electron chi connectivity index (χ4n) is 5.52. The summed E-state index contributed by atoms with van der Waals surface area (Å²) in [6.45, 7) is 8.36. The van der Waals surface area contributed by atoms with Crippen molar-refractivity contribution in [1.82, 2.24) is 25.1 Å². The van der Waals surface area contributed by atoms with E-state index in [1.165, 1.54) is 6.07 Å². The Balaban J connectivity index is 1.13. The zero-order valence-corrected chi connectivity index (χ0v) is 24.6. The molecule has 0 radical (unpaired) electrons. The van der Waals surface area contributed by atoms with Gasteiger partial charge >= 0.3 is 0 Å². The average Bonchev–Trinajstić information content (AvgIpc) is 3.17. The standard InChI is InChI=1S/C34H36FN7O/c1-23-8-13-27-29(20-23)32(28-6-3-4-7-30(28)35)37-21-25-22-38-34(40-31(25)27)39-26-11-9-24(10-12-26)33(43)36-14-5-15-42-18-16-41(2)17-19-42/h3-4,6-13,20,22H,5,14-19,21H2,1-2H3,(H,36,43)(H,38,39,40). The van der Waals surface area contributed by atoms with Crippen LogP contribution in [0.4, 0.5) is 16.0 Å². The van der Waals surface area contributed by atoms with Crippen LogP contribution >= 0.6 is 0 Å². The number of aliphatic imine (C=N–C) groups is 1. The minimum Gasteiger partial charge on any atom is -0.352 e. The molecule has 1 saturated heterocycles. The van der Waals surface area contributed by atoms with Crippen molar-refractivity contribution in [3.05, 3.63) is 107 Å². The third kappa shape index (κ3) is 6.63. The molecule has 1 amide bonds. The number of aryl methyl sites for hydroxylation is 1. The largest absolute Gasteiger partial charge is 0.352 e. The number of aromatic nitrogens is 2. The summed E-state index contributed by atoms with van der Waals surface area (Å²) >= 11 is 0. The summed E-state index contributed by atoms with van der Waals surface area (Å²) in [4.78, 5) is 31.7. The van der Waals surface area contributed by atoms with Crippen molar-refractivity contribution in [3.63, 3.8) is 0 Å². The number of rotatable bonds is 8. The molecule has 0 atom stereocenters. The van der Waals surface area contributed by atoms with E-state index in [0.717, 1.165) is 72.8 Å². The van der Waals surface area contributed by atoms with E-state index in [1.54, 1.807) is 30.5 Å². The summed E-state index contributed by atoms with van der Waals surface area (Å²) in [6.07, 6.45) is 2.70. The van der Waals surface area contributed by atoms with E-state index in [2.05, 4.69) is 32.5 Å². The first kappa shape index (κ1) is 28.6. The molecule has 0 aliphatic carbocycles. The van der Waals surface area contributed by atoms with E-state index in [1.807, 2.05) is 43.3 Å². The number of benzene rings is 3. The van der Waals surface area contributed by atoms with Gasteiger partial charge in [-0.3, -0.25) is 9.79 Å². The second-order valence-corrected chi connectivity index (χ2v) is 11.2. The van der Waals surface area contributed by atoms with Crippen molar-refractivity contribution in [2.24, 2.45) is 4.99 Å². The van der Waals surface area contributed by atoms with E-state index >= 15 is 0 Å². The van der Waals surface area contributed by atoms with Gasteiger partial charge in [0.25, 0.3) is 5.91 Å². The Morgan fingerprint density at radius 3 is 2.53 bits per heavy atom. The summed E-state index contributed by atoms with van der Waals surface area (Å²) in [6, 6.07) is 20.1. The summed E-state index contributed by atoms with van der Waals surface area (Å²) in [7, 11) is 2.15. The van der Waals surface area contributed by atoms with Crippen LogP contribution in [0.2, 0.25) is 0 Å². The zero-order chi connectivity index (χ0) is 29.8. The lowest BCUT2D eigenvalue weighted by atomic mass is 9.93. The van der Waals surface area contributed by atoms with Crippen molar-refractivity contribution in [1.29, 1.82) is 0 Å². The molecule has 0 unspecified atom stereocenters. The highest BCUT2D eigenvalue weighted by atomic mass is 19.1. The van der Waals surface area contributed by atoms with Gasteiger partial charge in [0.1, 0.15) is 5.82 Å². The lowest BCUT2D eigenvalue weighted by molar-refractivity contribution is 0.0949. The first-order chi connectivity index (χ1) is 20.9. The summed E-state index contributed by atoms with van der Waals surface area (Å²) in [5, 5.41) is 6.30. The number of likely N-dealkylation sites (N-methyl/N-ethyl adjacent to an activating group) is 1. The number of fused-ring (bicyclic) bond motifs is 3. The van der Waals surface area contributed by atoms with Gasteiger partial charge < -0.3 is 20.4 Å². The van der Waals surface area contributed by atoms with E-state index in [0.29, 0.717) is 35.9 Å². The highest BCUT2D eigenvalue weighted by Gasteiger charge is 2.23. The van der Waals surface area contributed by atoms with Crippen molar-refractivity contribution < 1.29 is 9.18 Å². The Bertz CT molecular complexity index is 1650. The number of halogens is 1. The molecule has 1 fully saturated rings. The van der Waals surface area contributed by atoms with Gasteiger partial charge in [0.15, 0.2) is 0 Å². The second-order valence-electron chi connectivity index (χ2n) is 11.2. The Hall–Kier alpha value is -4.47. The van der Waals surface area contributed by atoms with Gasteiger partial charge in [0.05, 0.1) is 18.0 Å². The number of nitrogens with zero attached hydrogens (tertiary/aromatic N) is 5. The molecule has 9 heteroatoms. The van der Waals surface area contributed by atoms with Crippen molar-refractivity contribution in [2.45, 2.75) is 19.9 Å². The normalized spacial score (nSPS) is 15.2. The Morgan fingerprint density at radius 2 is 1.74 bits per heavy atom. The first-order valence-electron chi connectivity index (χ1n) is 14.8. The quantitative estimate of drug-likeness (QED) is 0.285. The maximum Gasteiger partial charge on any atom is 0.251 e. The highest BCUT2D eigenvalue weighted by Crippen LogP contribution is 2.33. The maximum absolute atomic E-state index is 14.8. The van der Waals surface area contributed by atoms with Crippen LogP contribution in [0, 0.1) is 12.7 Å². The molecule has 43 heavy (non-hydrogen) atoms. The molecule has 4 aromatic rings. The first-order valence-corrected chi connectivity index (χ1v) is 14.8. The van der Waals surface area contributed by atoms with E-state index in [9.17, 15) is 9.18 Å². The molecule has 6 rings (SSSR count). The van der Waals surface area contributed by atoms with Crippen LogP contribution in [0.5, 0.6) is 0 Å². The van der Waals surface area contributed by atoms with Crippen molar-refractivity contribution in [3.8, 4) is 11.3 Å². The predicted molar refractivity (Wildman–Crippen MR) is 169 cm³/mol. The molecule has 0 spiro atoms. The SMILES string of the molecule is Cc1ccc2c(c1)C(c1ccccc1F)=NCc1cnc(Nc3ccc(C(=O)NCCCN4CCN(C)CC4)cc3)nc1-2. The number of hydrogen-bond acceptors (Lipinski definition) is 7. The van der Waals surface area contributed by atoms with Crippen LogP contribution in [0.15, 0.2) is 77.9 Å². The summed E-state index contributed by atoms with van der Waals surface area (Å²) < 4.78 is 14.8. The van der Waals surface area contributed by atoms with Crippen LogP contribution in [-0.4, -0.2) is 77.7 Å².